The molecule has 0 saturated heterocycles. The molecular weight excluding hydrogens is 234 g/mol. The fourth-order valence-corrected chi connectivity index (χ4v) is 1.65. The molecule has 1 heterocycles. The summed E-state index contributed by atoms with van der Waals surface area (Å²) in [6.07, 6.45) is 1.79. The number of aromatic nitrogens is 1. The lowest BCUT2D eigenvalue weighted by molar-refractivity contribution is 1.37. The van der Waals surface area contributed by atoms with Gasteiger partial charge in [0.15, 0.2) is 0 Å². The molecular formula is C9H6BrNS. The first-order chi connectivity index (χ1) is 5.75. The minimum Gasteiger partial charge on any atom is -0.255 e. The molecule has 0 bridgehead atoms. The standard InChI is InChI=1S/C9H6BrNS/c10-7-3-6-4-8(12)1-2-9(6)11-5-7/h1-5,12H. The van der Waals surface area contributed by atoms with Gasteiger partial charge in [-0.1, -0.05) is 0 Å². The zero-order valence-corrected chi connectivity index (χ0v) is 8.64. The molecule has 0 N–H and O–H groups in total. The molecule has 2 rings (SSSR count). The van der Waals surface area contributed by atoms with Gasteiger partial charge in [-0.15, -0.1) is 12.6 Å². The van der Waals surface area contributed by atoms with E-state index in [0.29, 0.717) is 0 Å². The maximum atomic E-state index is 4.25. The Morgan fingerprint density at radius 2 is 2.08 bits per heavy atom. The van der Waals surface area contributed by atoms with E-state index in [0.717, 1.165) is 20.3 Å². The molecule has 60 valence electrons. The van der Waals surface area contributed by atoms with Crippen LogP contribution in [0.5, 0.6) is 0 Å². The number of fused-ring (bicyclic) bond motifs is 1. The molecule has 0 fully saturated rings. The van der Waals surface area contributed by atoms with Crippen LogP contribution in [0.3, 0.4) is 0 Å². The molecule has 0 unspecified atom stereocenters. The van der Waals surface area contributed by atoms with Crippen LogP contribution in [0.25, 0.3) is 10.9 Å². The van der Waals surface area contributed by atoms with Crippen LogP contribution in [0.15, 0.2) is 39.8 Å². The molecule has 2 aromatic rings. The first-order valence-corrected chi connectivity index (χ1v) is 4.74. The summed E-state index contributed by atoms with van der Waals surface area (Å²) in [6.45, 7) is 0. The monoisotopic (exact) mass is 239 g/mol. The zero-order chi connectivity index (χ0) is 8.55. The number of pyridine rings is 1. The van der Waals surface area contributed by atoms with Gasteiger partial charge < -0.3 is 0 Å². The summed E-state index contributed by atoms with van der Waals surface area (Å²) in [7, 11) is 0. The molecule has 0 radical (unpaired) electrons. The van der Waals surface area contributed by atoms with Crippen LogP contribution in [-0.4, -0.2) is 4.98 Å². The van der Waals surface area contributed by atoms with Crippen LogP contribution >= 0.6 is 28.6 Å². The third kappa shape index (κ3) is 1.47. The normalized spacial score (nSPS) is 10.5. The van der Waals surface area contributed by atoms with Crippen molar-refractivity contribution in [2.75, 3.05) is 0 Å². The van der Waals surface area contributed by atoms with Crippen molar-refractivity contribution in [3.8, 4) is 0 Å². The number of thiol groups is 1. The molecule has 0 aliphatic carbocycles. The summed E-state index contributed by atoms with van der Waals surface area (Å²) >= 11 is 7.62. The molecule has 3 heteroatoms. The van der Waals surface area contributed by atoms with E-state index in [1.54, 1.807) is 6.20 Å². The minimum atomic E-state index is 0.961. The summed E-state index contributed by atoms with van der Waals surface area (Å²) < 4.78 is 0.994. The maximum Gasteiger partial charge on any atom is 0.0703 e. The highest BCUT2D eigenvalue weighted by Crippen LogP contribution is 2.19. The lowest BCUT2D eigenvalue weighted by Gasteiger charge is -1.97. The van der Waals surface area contributed by atoms with Gasteiger partial charge in [-0.25, -0.2) is 0 Å². The van der Waals surface area contributed by atoms with Gasteiger partial charge >= 0.3 is 0 Å². The Morgan fingerprint density at radius 3 is 2.92 bits per heavy atom. The van der Waals surface area contributed by atoms with Gasteiger partial charge in [0.05, 0.1) is 5.52 Å². The van der Waals surface area contributed by atoms with E-state index in [1.807, 2.05) is 24.3 Å². The molecule has 12 heavy (non-hydrogen) atoms. The van der Waals surface area contributed by atoms with Crippen LogP contribution in [0, 0.1) is 0 Å². The molecule has 1 nitrogen and oxygen atoms in total. The average molecular weight is 240 g/mol. The molecule has 0 spiro atoms. The highest BCUT2D eigenvalue weighted by atomic mass is 79.9. The highest BCUT2D eigenvalue weighted by molar-refractivity contribution is 9.10. The maximum absolute atomic E-state index is 4.25. The summed E-state index contributed by atoms with van der Waals surface area (Å²) in [4.78, 5) is 5.20. The van der Waals surface area contributed by atoms with Crippen LogP contribution in [-0.2, 0) is 0 Å². The van der Waals surface area contributed by atoms with Gasteiger partial charge in [0.1, 0.15) is 0 Å². The Balaban J connectivity index is 2.80. The molecule has 1 aromatic heterocycles. The first-order valence-electron chi connectivity index (χ1n) is 3.50. The minimum absolute atomic E-state index is 0.961. The van der Waals surface area contributed by atoms with Gasteiger partial charge in [-0.2, -0.15) is 0 Å². The number of rotatable bonds is 0. The summed E-state index contributed by atoms with van der Waals surface area (Å²) in [5.74, 6) is 0. The van der Waals surface area contributed by atoms with Crippen molar-refractivity contribution >= 4 is 39.5 Å². The smallest absolute Gasteiger partial charge is 0.0703 e. The quantitative estimate of drug-likeness (QED) is 0.697. The molecule has 0 aliphatic rings. The second kappa shape index (κ2) is 3.07. The zero-order valence-electron chi connectivity index (χ0n) is 6.16. The van der Waals surface area contributed by atoms with Crippen LogP contribution in [0.4, 0.5) is 0 Å². The summed E-state index contributed by atoms with van der Waals surface area (Å²) in [5, 5.41) is 1.11. The van der Waals surface area contributed by atoms with E-state index < -0.39 is 0 Å². The summed E-state index contributed by atoms with van der Waals surface area (Å²) in [5.41, 5.74) is 0.996. The van der Waals surface area contributed by atoms with Crippen LogP contribution < -0.4 is 0 Å². The molecule has 0 amide bonds. The number of hydrogen-bond donors (Lipinski definition) is 1. The lowest BCUT2D eigenvalue weighted by atomic mass is 10.2. The number of halogens is 1. The molecule has 0 atom stereocenters. The lowest BCUT2D eigenvalue weighted by Crippen LogP contribution is -1.78. The van der Waals surface area contributed by atoms with Gasteiger partial charge in [0, 0.05) is 21.0 Å². The van der Waals surface area contributed by atoms with Crippen LogP contribution in [0.2, 0.25) is 0 Å². The van der Waals surface area contributed by atoms with E-state index in [-0.39, 0.29) is 0 Å². The fraction of sp³-hybridized carbons (Fsp3) is 0. The Hall–Kier alpha value is -0.540. The Labute approximate surface area is 84.4 Å². The van der Waals surface area contributed by atoms with Crippen molar-refractivity contribution in [1.82, 2.24) is 4.98 Å². The van der Waals surface area contributed by atoms with Gasteiger partial charge in [0.2, 0.25) is 0 Å². The Kier molecular flexibility index (Phi) is 2.07. The van der Waals surface area contributed by atoms with E-state index in [9.17, 15) is 0 Å². The Morgan fingerprint density at radius 1 is 1.25 bits per heavy atom. The van der Waals surface area contributed by atoms with E-state index in [1.165, 1.54) is 0 Å². The van der Waals surface area contributed by atoms with E-state index in [4.69, 9.17) is 0 Å². The molecule has 0 saturated carbocycles. The van der Waals surface area contributed by atoms with Crippen LogP contribution in [0.1, 0.15) is 0 Å². The number of benzene rings is 1. The van der Waals surface area contributed by atoms with Crippen molar-refractivity contribution < 1.29 is 0 Å². The van der Waals surface area contributed by atoms with Crippen molar-refractivity contribution in [3.63, 3.8) is 0 Å². The van der Waals surface area contributed by atoms with E-state index >= 15 is 0 Å². The predicted octanol–water partition coefficient (Wildman–Crippen LogP) is 3.29. The molecule has 1 aromatic carbocycles. The van der Waals surface area contributed by atoms with E-state index in [2.05, 4.69) is 33.5 Å². The fourth-order valence-electron chi connectivity index (χ4n) is 1.09. The number of hydrogen-bond acceptors (Lipinski definition) is 2. The SMILES string of the molecule is Sc1ccc2ncc(Br)cc2c1. The van der Waals surface area contributed by atoms with Gasteiger partial charge in [-0.05, 0) is 40.2 Å². The second-order valence-corrected chi connectivity index (χ2v) is 3.96. The van der Waals surface area contributed by atoms with Gasteiger partial charge in [-0.3, -0.25) is 4.98 Å². The molecule has 0 aliphatic heterocycles. The number of nitrogens with zero attached hydrogens (tertiary/aromatic N) is 1. The average Bonchev–Trinajstić information content (AvgIpc) is 2.03. The summed E-state index contributed by atoms with van der Waals surface area (Å²) in [6, 6.07) is 7.93. The van der Waals surface area contributed by atoms with Gasteiger partial charge in [0.25, 0.3) is 0 Å². The van der Waals surface area contributed by atoms with Crippen molar-refractivity contribution in [2.45, 2.75) is 4.90 Å². The predicted molar refractivity (Wildman–Crippen MR) is 56.7 cm³/mol. The Bertz CT molecular complexity index is 391. The first kappa shape index (κ1) is 8.08. The third-order valence-electron chi connectivity index (χ3n) is 1.63. The largest absolute Gasteiger partial charge is 0.255 e. The highest BCUT2D eigenvalue weighted by Gasteiger charge is 1.95. The topological polar surface area (TPSA) is 12.9 Å². The second-order valence-electron chi connectivity index (χ2n) is 2.53. The third-order valence-corrected chi connectivity index (χ3v) is 2.34. The van der Waals surface area contributed by atoms with Crippen molar-refractivity contribution in [2.24, 2.45) is 0 Å². The van der Waals surface area contributed by atoms with Crippen molar-refractivity contribution in [3.05, 3.63) is 34.9 Å². The van der Waals surface area contributed by atoms with Crippen molar-refractivity contribution in [1.29, 1.82) is 0 Å².